The summed E-state index contributed by atoms with van der Waals surface area (Å²) >= 11 is 1.34. The number of hydrogen-bond donors (Lipinski definition) is 1. The molecule has 3 rings (SSSR count). The largest absolute Gasteiger partial charge is 0.367 e. The Labute approximate surface area is 173 Å². The number of hydrogen-bond acceptors (Lipinski definition) is 5. The van der Waals surface area contributed by atoms with Crippen molar-refractivity contribution in [1.82, 2.24) is 14.5 Å². The van der Waals surface area contributed by atoms with Gasteiger partial charge in [0.05, 0.1) is 24.5 Å². The molecule has 0 spiro atoms. The van der Waals surface area contributed by atoms with Gasteiger partial charge in [0, 0.05) is 23.3 Å². The maximum absolute atomic E-state index is 14.1. The van der Waals surface area contributed by atoms with Gasteiger partial charge in [-0.15, -0.1) is 11.3 Å². The van der Waals surface area contributed by atoms with Gasteiger partial charge in [-0.3, -0.25) is 15.1 Å². The molecule has 8 heteroatoms. The summed E-state index contributed by atoms with van der Waals surface area (Å²) in [4.78, 5) is 21.1. The topological polar surface area (TPSA) is 69.0 Å². The second-order valence-corrected chi connectivity index (χ2v) is 8.47. The monoisotopic (exact) mass is 416 g/mol. The lowest BCUT2D eigenvalue weighted by Gasteiger charge is -2.25. The predicted octanol–water partition coefficient (Wildman–Crippen LogP) is 4.75. The van der Waals surface area contributed by atoms with E-state index in [-0.39, 0.29) is 24.4 Å². The number of nitrogens with zero attached hydrogens (tertiary/aromatic N) is 3. The van der Waals surface area contributed by atoms with Gasteiger partial charge in [-0.2, -0.15) is 0 Å². The van der Waals surface area contributed by atoms with Crippen LogP contribution in [0, 0.1) is 12.7 Å². The molecule has 1 N–H and O–H groups in total. The second-order valence-electron chi connectivity index (χ2n) is 7.61. The molecule has 3 heterocycles. The molecule has 0 aliphatic rings. The van der Waals surface area contributed by atoms with Crippen LogP contribution < -0.4 is 5.32 Å². The van der Waals surface area contributed by atoms with Crippen molar-refractivity contribution in [2.45, 2.75) is 52.9 Å². The maximum atomic E-state index is 14.1. The van der Waals surface area contributed by atoms with Gasteiger partial charge >= 0.3 is 0 Å². The highest BCUT2D eigenvalue weighted by Crippen LogP contribution is 2.29. The smallest absolute Gasteiger partial charge is 0.274 e. The first-order valence-electron chi connectivity index (χ1n) is 9.36. The summed E-state index contributed by atoms with van der Waals surface area (Å²) in [7, 11) is 0. The molecule has 0 unspecified atom stereocenters. The van der Waals surface area contributed by atoms with E-state index in [1.165, 1.54) is 17.5 Å². The number of halogens is 1. The van der Waals surface area contributed by atoms with Crippen LogP contribution in [0.4, 0.5) is 9.52 Å². The third-order valence-electron chi connectivity index (χ3n) is 4.48. The van der Waals surface area contributed by atoms with Gasteiger partial charge in [0.2, 0.25) is 0 Å². The Morgan fingerprint density at radius 2 is 2.14 bits per heavy atom. The molecular weight excluding hydrogens is 391 g/mol. The molecule has 29 heavy (non-hydrogen) atoms. The standard InChI is InChI=1S/C21H25FN4O2S/c1-13(2)28-21(4,5)18-12-29-20(24-18)25-19(27)17-7-6-8-26(17)11-15-14(3)9-23-10-16(15)22/h6-10,12-13H,11H2,1-5H3,(H,24,25,27). The SMILES string of the molecule is Cc1cncc(F)c1Cn1cccc1C(=O)Nc1nc(C(C)(C)OC(C)C)cs1. The van der Waals surface area contributed by atoms with Crippen LogP contribution in [0.3, 0.4) is 0 Å². The number of amides is 1. The molecule has 0 aliphatic heterocycles. The van der Waals surface area contributed by atoms with Gasteiger partial charge in [-0.05, 0) is 52.3 Å². The zero-order valence-electron chi connectivity index (χ0n) is 17.2. The molecule has 0 atom stereocenters. The summed E-state index contributed by atoms with van der Waals surface area (Å²) in [6.07, 6.45) is 4.61. The van der Waals surface area contributed by atoms with Crippen LogP contribution in [-0.4, -0.2) is 26.5 Å². The molecule has 0 saturated heterocycles. The first kappa shape index (κ1) is 21.1. The normalized spacial score (nSPS) is 11.8. The van der Waals surface area contributed by atoms with E-state index in [2.05, 4.69) is 15.3 Å². The van der Waals surface area contributed by atoms with E-state index >= 15 is 0 Å². The minimum atomic E-state index is -0.551. The number of pyridine rings is 1. The van der Waals surface area contributed by atoms with Crippen LogP contribution in [-0.2, 0) is 16.9 Å². The Balaban J connectivity index is 1.76. The summed E-state index contributed by atoms with van der Waals surface area (Å²) in [5, 5.41) is 5.20. The number of anilines is 1. The first-order valence-corrected chi connectivity index (χ1v) is 10.2. The third kappa shape index (κ3) is 4.89. The van der Waals surface area contributed by atoms with E-state index in [4.69, 9.17) is 4.74 Å². The molecule has 6 nitrogen and oxygen atoms in total. The highest BCUT2D eigenvalue weighted by molar-refractivity contribution is 7.14. The Bertz CT molecular complexity index is 990. The fourth-order valence-electron chi connectivity index (χ4n) is 3.11. The van der Waals surface area contributed by atoms with E-state index in [9.17, 15) is 9.18 Å². The van der Waals surface area contributed by atoms with Crippen LogP contribution in [0.1, 0.15) is 55.0 Å². The Morgan fingerprint density at radius 3 is 2.83 bits per heavy atom. The van der Waals surface area contributed by atoms with Crippen LogP contribution in [0.5, 0.6) is 0 Å². The van der Waals surface area contributed by atoms with Gasteiger partial charge in [0.1, 0.15) is 17.1 Å². The summed E-state index contributed by atoms with van der Waals surface area (Å²) in [5.41, 5.74) is 1.88. The average molecular weight is 417 g/mol. The van der Waals surface area contributed by atoms with E-state index < -0.39 is 5.60 Å². The van der Waals surface area contributed by atoms with Gasteiger partial charge in [0.25, 0.3) is 5.91 Å². The van der Waals surface area contributed by atoms with Crippen molar-refractivity contribution < 1.29 is 13.9 Å². The predicted molar refractivity (Wildman–Crippen MR) is 112 cm³/mol. The highest BCUT2D eigenvalue weighted by Gasteiger charge is 2.26. The van der Waals surface area contributed by atoms with Crippen molar-refractivity contribution in [3.05, 3.63) is 64.4 Å². The minimum Gasteiger partial charge on any atom is -0.367 e. The molecule has 0 saturated carbocycles. The zero-order chi connectivity index (χ0) is 21.2. The molecule has 0 radical (unpaired) electrons. The summed E-state index contributed by atoms with van der Waals surface area (Å²) < 4.78 is 21.7. The molecule has 0 fully saturated rings. The molecule has 3 aromatic rings. The van der Waals surface area contributed by atoms with Gasteiger partial charge in [-0.1, -0.05) is 0 Å². The second kappa shape index (κ2) is 8.42. The fourth-order valence-corrected chi connectivity index (χ4v) is 3.97. The van der Waals surface area contributed by atoms with Crippen molar-refractivity contribution in [2.24, 2.45) is 0 Å². The first-order chi connectivity index (χ1) is 13.7. The molecule has 1 amide bonds. The van der Waals surface area contributed by atoms with Gasteiger partial charge < -0.3 is 9.30 Å². The van der Waals surface area contributed by atoms with E-state index in [0.717, 1.165) is 11.3 Å². The Hall–Kier alpha value is -2.58. The average Bonchev–Trinajstić information content (AvgIpc) is 3.26. The highest BCUT2D eigenvalue weighted by atomic mass is 32.1. The van der Waals surface area contributed by atoms with E-state index in [0.29, 0.717) is 16.4 Å². The van der Waals surface area contributed by atoms with Crippen LogP contribution >= 0.6 is 11.3 Å². The quantitative estimate of drug-likeness (QED) is 0.604. The fraction of sp³-hybridized carbons (Fsp3) is 0.381. The number of carbonyl (C=O) groups excluding carboxylic acids is 1. The Kier molecular flexibility index (Phi) is 6.14. The summed E-state index contributed by atoms with van der Waals surface area (Å²) in [5.74, 6) is -0.687. The van der Waals surface area contributed by atoms with Crippen molar-refractivity contribution in [2.75, 3.05) is 5.32 Å². The van der Waals surface area contributed by atoms with Crippen molar-refractivity contribution >= 4 is 22.4 Å². The maximum Gasteiger partial charge on any atom is 0.274 e. The molecule has 0 aliphatic carbocycles. The minimum absolute atomic E-state index is 0.0602. The molecule has 154 valence electrons. The lowest BCUT2D eigenvalue weighted by atomic mass is 10.1. The van der Waals surface area contributed by atoms with E-state index in [1.807, 2.05) is 33.1 Å². The van der Waals surface area contributed by atoms with Crippen molar-refractivity contribution in [1.29, 1.82) is 0 Å². The number of nitrogens with one attached hydrogen (secondary N) is 1. The molecule has 3 aromatic heterocycles. The van der Waals surface area contributed by atoms with Crippen LogP contribution in [0.15, 0.2) is 36.1 Å². The van der Waals surface area contributed by atoms with E-state index in [1.54, 1.807) is 36.0 Å². The lowest BCUT2D eigenvalue weighted by molar-refractivity contribution is -0.0623. The number of aromatic nitrogens is 3. The van der Waals surface area contributed by atoms with Crippen molar-refractivity contribution in [3.63, 3.8) is 0 Å². The number of rotatable bonds is 7. The molecule has 0 aromatic carbocycles. The molecular formula is C21H25FN4O2S. The number of thiazole rings is 1. The zero-order valence-corrected chi connectivity index (χ0v) is 18.0. The van der Waals surface area contributed by atoms with Crippen molar-refractivity contribution in [3.8, 4) is 0 Å². The van der Waals surface area contributed by atoms with Gasteiger partial charge in [-0.25, -0.2) is 9.37 Å². The third-order valence-corrected chi connectivity index (χ3v) is 5.24. The number of ether oxygens (including phenoxy) is 1. The lowest BCUT2D eigenvalue weighted by Crippen LogP contribution is -2.26. The number of carbonyl (C=O) groups is 1. The molecule has 0 bridgehead atoms. The summed E-state index contributed by atoms with van der Waals surface area (Å²) in [6, 6.07) is 3.46. The van der Waals surface area contributed by atoms with Gasteiger partial charge in [0.15, 0.2) is 5.13 Å². The number of aryl methyl sites for hydroxylation is 1. The van der Waals surface area contributed by atoms with Crippen LogP contribution in [0.25, 0.3) is 0 Å². The Morgan fingerprint density at radius 1 is 1.38 bits per heavy atom. The summed E-state index contributed by atoms with van der Waals surface area (Å²) in [6.45, 7) is 9.88. The van der Waals surface area contributed by atoms with Crippen LogP contribution in [0.2, 0.25) is 0 Å².